The quantitative estimate of drug-likeness (QED) is 0.179. The summed E-state index contributed by atoms with van der Waals surface area (Å²) in [6.45, 7) is 1.48. The van der Waals surface area contributed by atoms with Gasteiger partial charge in [0.1, 0.15) is 28.7 Å². The van der Waals surface area contributed by atoms with Crippen molar-refractivity contribution in [2.45, 2.75) is 31.6 Å². The van der Waals surface area contributed by atoms with Gasteiger partial charge in [0.15, 0.2) is 0 Å². The van der Waals surface area contributed by atoms with Crippen molar-refractivity contribution >= 4 is 50.9 Å². The third-order valence-corrected chi connectivity index (χ3v) is 6.75. The summed E-state index contributed by atoms with van der Waals surface area (Å²) in [7, 11) is 0. The number of anilines is 2. The Hall–Kier alpha value is -2.57. The van der Waals surface area contributed by atoms with E-state index in [0.29, 0.717) is 22.8 Å². The Kier molecular flexibility index (Phi) is 7.25. The predicted octanol–water partition coefficient (Wildman–Crippen LogP) is 1.90. The summed E-state index contributed by atoms with van der Waals surface area (Å²) < 4.78 is 5.88. The van der Waals surface area contributed by atoms with E-state index in [1.807, 2.05) is 24.3 Å². The fraction of sp³-hybridized carbons (Fsp3) is 0.429. The first-order valence-electron chi connectivity index (χ1n) is 10.4. The van der Waals surface area contributed by atoms with Crippen molar-refractivity contribution in [3.8, 4) is 10.6 Å². The number of hydrogen-bond acceptors (Lipinski definition) is 11. The van der Waals surface area contributed by atoms with Crippen molar-refractivity contribution in [2.75, 3.05) is 30.4 Å². The maximum atomic E-state index is 11.0. The second kappa shape index (κ2) is 10.1. The average Bonchev–Trinajstić information content (AvgIpc) is 3.32. The number of nitrogens with one attached hydrogen (secondary N) is 2. The van der Waals surface area contributed by atoms with Crippen LogP contribution >= 0.6 is 22.9 Å². The minimum atomic E-state index is -1.10. The first-order valence-corrected chi connectivity index (χ1v) is 11.6. The molecule has 4 atom stereocenters. The molecule has 2 aromatic heterocycles. The molecule has 1 aliphatic carbocycles. The SMILES string of the molecule is CC(=O)OCCNc1nc(Cl)c(-c2nc3ccccc3s2)c(N[C@@H]2C[C@H](CO)[C@@H](O)[C@H]2O)n1. The maximum Gasteiger partial charge on any atom is 0.302 e. The molecule has 1 aliphatic rings. The number of esters is 1. The van der Waals surface area contributed by atoms with Gasteiger partial charge in [0.25, 0.3) is 0 Å². The average molecular weight is 494 g/mol. The number of aliphatic hydroxyl groups excluding tert-OH is 3. The molecule has 0 unspecified atom stereocenters. The fourth-order valence-corrected chi connectivity index (χ4v) is 5.10. The zero-order valence-corrected chi connectivity index (χ0v) is 19.3. The van der Waals surface area contributed by atoms with Crippen LogP contribution in [-0.2, 0) is 9.53 Å². The van der Waals surface area contributed by atoms with E-state index in [9.17, 15) is 20.1 Å². The summed E-state index contributed by atoms with van der Waals surface area (Å²) in [6, 6.07) is 7.09. The molecule has 4 rings (SSSR count). The number of ether oxygens (including phenoxy) is 1. The Labute approximate surface area is 198 Å². The van der Waals surface area contributed by atoms with Gasteiger partial charge in [0, 0.05) is 19.4 Å². The molecule has 33 heavy (non-hydrogen) atoms. The highest BCUT2D eigenvalue weighted by Crippen LogP contribution is 2.39. The van der Waals surface area contributed by atoms with Crippen LogP contribution in [0.1, 0.15) is 13.3 Å². The van der Waals surface area contributed by atoms with Crippen LogP contribution in [0.3, 0.4) is 0 Å². The van der Waals surface area contributed by atoms with Gasteiger partial charge < -0.3 is 30.7 Å². The predicted molar refractivity (Wildman–Crippen MR) is 125 cm³/mol. The fourth-order valence-electron chi connectivity index (χ4n) is 3.77. The van der Waals surface area contributed by atoms with Gasteiger partial charge in [-0.15, -0.1) is 11.3 Å². The second-order valence-corrected chi connectivity index (χ2v) is 9.11. The van der Waals surface area contributed by atoms with Crippen molar-refractivity contribution in [1.82, 2.24) is 15.0 Å². The van der Waals surface area contributed by atoms with E-state index in [4.69, 9.17) is 16.3 Å². The molecule has 176 valence electrons. The highest BCUT2D eigenvalue weighted by molar-refractivity contribution is 7.21. The third-order valence-electron chi connectivity index (χ3n) is 5.42. The third kappa shape index (κ3) is 5.17. The van der Waals surface area contributed by atoms with E-state index in [-0.39, 0.29) is 30.9 Å². The molecule has 10 nitrogen and oxygen atoms in total. The Morgan fingerprint density at radius 2 is 2.03 bits per heavy atom. The maximum absolute atomic E-state index is 11.0. The molecule has 0 bridgehead atoms. The van der Waals surface area contributed by atoms with Crippen molar-refractivity contribution in [1.29, 1.82) is 0 Å². The van der Waals surface area contributed by atoms with E-state index < -0.39 is 30.1 Å². The lowest BCUT2D eigenvalue weighted by Crippen LogP contribution is -2.35. The van der Waals surface area contributed by atoms with Crippen LogP contribution in [0.5, 0.6) is 0 Å². The number of benzene rings is 1. The number of aliphatic hydroxyl groups is 3. The number of rotatable bonds is 8. The molecule has 2 heterocycles. The van der Waals surface area contributed by atoms with Crippen molar-refractivity contribution in [3.63, 3.8) is 0 Å². The molecular weight excluding hydrogens is 470 g/mol. The van der Waals surface area contributed by atoms with Crippen molar-refractivity contribution in [3.05, 3.63) is 29.4 Å². The van der Waals surface area contributed by atoms with Gasteiger partial charge in [-0.05, 0) is 18.6 Å². The number of nitrogens with zero attached hydrogens (tertiary/aromatic N) is 3. The number of para-hydroxylation sites is 1. The number of carbonyl (C=O) groups excluding carboxylic acids is 1. The number of thiazole rings is 1. The summed E-state index contributed by atoms with van der Waals surface area (Å²) in [5.41, 5.74) is 1.28. The van der Waals surface area contributed by atoms with Crippen LogP contribution in [0.4, 0.5) is 11.8 Å². The van der Waals surface area contributed by atoms with Crippen LogP contribution in [0, 0.1) is 5.92 Å². The lowest BCUT2D eigenvalue weighted by molar-refractivity contribution is -0.140. The molecule has 0 aliphatic heterocycles. The summed E-state index contributed by atoms with van der Waals surface area (Å²) >= 11 is 7.99. The van der Waals surface area contributed by atoms with E-state index in [2.05, 4.69) is 25.6 Å². The standard InChI is InChI=1S/C21H24ClN5O5S/c1-10(29)32-7-6-23-21-26-18(22)15(20-25-12-4-2-3-5-14(12)33-20)19(27-21)24-13-8-11(9-28)16(30)17(13)31/h2-5,11,13,16-17,28,30-31H,6-9H2,1H3,(H2,23,24,26,27)/t11-,13-,16-,17+/m1/s1. The van der Waals surface area contributed by atoms with Crippen LogP contribution < -0.4 is 10.6 Å². The molecule has 12 heteroatoms. The lowest BCUT2D eigenvalue weighted by atomic mass is 10.1. The van der Waals surface area contributed by atoms with E-state index in [1.54, 1.807) is 0 Å². The van der Waals surface area contributed by atoms with E-state index >= 15 is 0 Å². The van der Waals surface area contributed by atoms with Crippen LogP contribution in [0.25, 0.3) is 20.8 Å². The Morgan fingerprint density at radius 3 is 2.73 bits per heavy atom. The number of aromatic nitrogens is 3. The van der Waals surface area contributed by atoms with Gasteiger partial charge in [-0.25, -0.2) is 9.97 Å². The Morgan fingerprint density at radius 1 is 1.24 bits per heavy atom. The number of hydrogen-bond donors (Lipinski definition) is 5. The molecule has 1 aromatic carbocycles. The molecular formula is C21H24ClN5O5S. The highest BCUT2D eigenvalue weighted by Gasteiger charge is 2.41. The number of fused-ring (bicyclic) bond motifs is 1. The minimum Gasteiger partial charge on any atom is -0.464 e. The van der Waals surface area contributed by atoms with Gasteiger partial charge in [0.05, 0.1) is 34.5 Å². The molecule has 3 aromatic rings. The largest absolute Gasteiger partial charge is 0.464 e. The van der Waals surface area contributed by atoms with Gasteiger partial charge in [-0.2, -0.15) is 4.98 Å². The molecule has 0 saturated heterocycles. The number of halogens is 1. The zero-order chi connectivity index (χ0) is 23.5. The van der Waals surface area contributed by atoms with E-state index in [1.165, 1.54) is 18.3 Å². The summed E-state index contributed by atoms with van der Waals surface area (Å²) in [5, 5.41) is 37.1. The highest BCUT2D eigenvalue weighted by atomic mass is 35.5. The van der Waals surface area contributed by atoms with Gasteiger partial charge >= 0.3 is 5.97 Å². The summed E-state index contributed by atoms with van der Waals surface area (Å²) in [5.74, 6) is -0.316. The lowest BCUT2D eigenvalue weighted by Gasteiger charge is -2.21. The zero-order valence-electron chi connectivity index (χ0n) is 17.7. The smallest absolute Gasteiger partial charge is 0.302 e. The Bertz CT molecular complexity index is 1110. The monoisotopic (exact) mass is 493 g/mol. The summed E-state index contributed by atoms with van der Waals surface area (Å²) in [4.78, 5) is 24.5. The Balaban J connectivity index is 1.67. The van der Waals surface area contributed by atoms with Crippen LogP contribution in [0.15, 0.2) is 24.3 Å². The van der Waals surface area contributed by atoms with Gasteiger partial charge in [-0.1, -0.05) is 23.7 Å². The van der Waals surface area contributed by atoms with Crippen LogP contribution in [-0.4, -0.2) is 74.2 Å². The van der Waals surface area contributed by atoms with E-state index in [0.717, 1.165) is 10.2 Å². The number of carbonyl (C=O) groups is 1. The first-order chi connectivity index (χ1) is 15.9. The molecule has 0 spiro atoms. The molecule has 5 N–H and O–H groups in total. The van der Waals surface area contributed by atoms with Crippen LogP contribution in [0.2, 0.25) is 5.15 Å². The normalized spacial score (nSPS) is 22.5. The minimum absolute atomic E-state index is 0.129. The van der Waals surface area contributed by atoms with Gasteiger partial charge in [0.2, 0.25) is 5.95 Å². The second-order valence-electron chi connectivity index (χ2n) is 7.73. The topological polar surface area (TPSA) is 150 Å². The molecule has 1 saturated carbocycles. The van der Waals surface area contributed by atoms with Crippen molar-refractivity contribution in [2.24, 2.45) is 5.92 Å². The molecule has 0 radical (unpaired) electrons. The van der Waals surface area contributed by atoms with Crippen molar-refractivity contribution < 1.29 is 24.9 Å². The van der Waals surface area contributed by atoms with Gasteiger partial charge in [-0.3, -0.25) is 4.79 Å². The molecule has 0 amide bonds. The first kappa shape index (κ1) is 23.6. The molecule has 1 fully saturated rings. The summed E-state index contributed by atoms with van der Waals surface area (Å²) in [6.07, 6.45) is -1.81.